The van der Waals surface area contributed by atoms with E-state index in [0.717, 1.165) is 124 Å². The van der Waals surface area contributed by atoms with Crippen LogP contribution in [-0.2, 0) is 55.3 Å². The molecule has 8 aromatic rings. The average Bonchev–Trinajstić information content (AvgIpc) is 1.56. The molecule has 2 saturated heterocycles. The maximum absolute atomic E-state index is 14.1. The zero-order chi connectivity index (χ0) is 80.2. The van der Waals surface area contributed by atoms with Gasteiger partial charge < -0.3 is 61.1 Å². The van der Waals surface area contributed by atoms with E-state index in [-0.39, 0.29) is 138 Å². The number of aryl methyl sites for hydroxylation is 4. The van der Waals surface area contributed by atoms with Gasteiger partial charge in [0.25, 0.3) is 23.6 Å². The smallest absolute Gasteiger partial charge is 0.545 e. The van der Waals surface area contributed by atoms with Crippen LogP contribution < -0.4 is 100 Å². The minimum atomic E-state index is -3.99. The van der Waals surface area contributed by atoms with Crippen molar-refractivity contribution in [1.82, 2.24) is 8.61 Å². The van der Waals surface area contributed by atoms with Crippen LogP contribution in [0.2, 0.25) is 0 Å². The second-order valence-electron chi connectivity index (χ2n) is 30.6. The second kappa shape index (κ2) is 39.9. The van der Waals surface area contributed by atoms with Crippen molar-refractivity contribution in [2.24, 2.45) is 11.8 Å². The Hall–Kier alpha value is -9.06. The number of hydrogen-bond acceptors (Lipinski definition) is 16. The number of carbonyl (C=O) groups excluding carboxylic acids is 6. The van der Waals surface area contributed by atoms with Gasteiger partial charge in [-0.2, -0.15) is 8.61 Å². The first-order valence-corrected chi connectivity index (χ1v) is 42.3. The van der Waals surface area contributed by atoms with Crippen molar-refractivity contribution in [1.29, 1.82) is 0 Å². The Morgan fingerprint density at radius 1 is 0.353 bits per heavy atom. The normalized spacial score (nSPS) is 18.2. The number of carboxylic acids is 4. The fourth-order valence-electron chi connectivity index (χ4n) is 15.9. The van der Waals surface area contributed by atoms with Crippen LogP contribution in [0.1, 0.15) is 200 Å². The zero-order valence-corrected chi connectivity index (χ0v) is 71.0. The number of rotatable bonds is 28. The van der Waals surface area contributed by atoms with E-state index < -0.39 is 79.4 Å². The molecule has 6 fully saturated rings. The van der Waals surface area contributed by atoms with Gasteiger partial charge in [-0.3, -0.25) is 28.8 Å². The summed E-state index contributed by atoms with van der Waals surface area (Å²) in [4.78, 5) is 105. The molecule has 0 aromatic heterocycles. The van der Waals surface area contributed by atoms with Gasteiger partial charge in [0.05, 0.1) is 56.1 Å². The summed E-state index contributed by atoms with van der Waals surface area (Å²) in [6.45, 7) is 3.43. The van der Waals surface area contributed by atoms with Gasteiger partial charge in [0.15, 0.2) is 0 Å². The van der Waals surface area contributed by atoms with Crippen molar-refractivity contribution in [3.05, 3.63) is 238 Å². The summed E-state index contributed by atoms with van der Waals surface area (Å²) in [5, 5.41) is 52.7. The van der Waals surface area contributed by atoms with Crippen LogP contribution in [0.5, 0.6) is 0 Å². The molecule has 2 aliphatic heterocycles. The molecule has 0 unspecified atom stereocenters. The molecule has 0 atom stereocenters. The topological polar surface area (TPSA) is 352 Å². The molecular formula is C88H94N8Na2O16S2. The van der Waals surface area contributed by atoms with E-state index in [1.54, 1.807) is 69.3 Å². The molecule has 6 N–H and O–H groups in total. The molecular weight excluding hydrogens is 1540 g/mol. The maximum atomic E-state index is 14.1. The summed E-state index contributed by atoms with van der Waals surface area (Å²) in [7, 11) is -7.98. The second-order valence-corrected chi connectivity index (χ2v) is 34.3. The number of hydrogen-bond donors (Lipinski definition) is 6. The third kappa shape index (κ3) is 22.4. The minimum Gasteiger partial charge on any atom is -0.545 e. The molecule has 0 spiro atoms. The average molecular weight is 1630 g/mol. The van der Waals surface area contributed by atoms with Crippen molar-refractivity contribution in [2.45, 2.75) is 175 Å². The first-order valence-electron chi connectivity index (χ1n) is 39.5. The van der Waals surface area contributed by atoms with Crippen molar-refractivity contribution in [3.63, 3.8) is 0 Å². The Bertz CT molecular complexity index is 4780. The van der Waals surface area contributed by atoms with Gasteiger partial charge in [-0.05, 0) is 272 Å². The molecule has 6 aliphatic rings. The third-order valence-electron chi connectivity index (χ3n) is 22.6. The van der Waals surface area contributed by atoms with Gasteiger partial charge in [-0.1, -0.05) is 84.9 Å². The Morgan fingerprint density at radius 2 is 0.655 bits per heavy atom. The number of nitrogens with one attached hydrogen (secondary N) is 4. The minimum absolute atomic E-state index is 0. The van der Waals surface area contributed by atoms with Crippen LogP contribution in [0.25, 0.3) is 0 Å². The van der Waals surface area contributed by atoms with Crippen molar-refractivity contribution in [2.75, 3.05) is 57.2 Å². The van der Waals surface area contributed by atoms with E-state index in [4.69, 9.17) is 0 Å². The number of piperidine rings is 2. The van der Waals surface area contributed by atoms with Crippen molar-refractivity contribution >= 4 is 102 Å². The fraction of sp³-hybridized carbons (Fsp3) is 0.364. The number of benzene rings is 8. The summed E-state index contributed by atoms with van der Waals surface area (Å²) in [5.41, 5.74) is 8.51. The first kappa shape index (κ1) is 87.8. The summed E-state index contributed by atoms with van der Waals surface area (Å²) < 4.78 is 59.6. The van der Waals surface area contributed by atoms with Crippen molar-refractivity contribution < 1.29 is 135 Å². The number of carboxylic acid groups (broad SMARTS) is 4. The summed E-state index contributed by atoms with van der Waals surface area (Å²) in [6, 6.07) is 49.9. The predicted octanol–water partition coefficient (Wildman–Crippen LogP) is 6.26. The van der Waals surface area contributed by atoms with E-state index >= 15 is 0 Å². The van der Waals surface area contributed by atoms with Gasteiger partial charge in [0, 0.05) is 84.2 Å². The number of carbonyl (C=O) groups is 8. The summed E-state index contributed by atoms with van der Waals surface area (Å²) in [5.74, 6) is -7.01. The van der Waals surface area contributed by atoms with E-state index in [2.05, 4.69) is 31.1 Å². The molecule has 8 aromatic carbocycles. The molecule has 4 aliphatic carbocycles. The fourth-order valence-corrected chi connectivity index (χ4v) is 19.8. The van der Waals surface area contributed by atoms with Gasteiger partial charge in [0.2, 0.25) is 20.0 Å². The summed E-state index contributed by atoms with van der Waals surface area (Å²) in [6.07, 6.45) is 15.8. The van der Waals surface area contributed by atoms with E-state index in [1.807, 2.05) is 60.7 Å². The molecule has 28 heteroatoms. The Labute approximate surface area is 720 Å². The molecule has 596 valence electrons. The molecule has 0 radical (unpaired) electrons. The van der Waals surface area contributed by atoms with Crippen LogP contribution in [-0.4, -0.2) is 134 Å². The quantitative estimate of drug-likeness (QED) is 0.0295. The Morgan fingerprint density at radius 3 is 0.948 bits per heavy atom. The molecule has 0 bridgehead atoms. The third-order valence-corrected chi connectivity index (χ3v) is 26.6. The number of aromatic carboxylic acids is 2. The molecule has 14 rings (SSSR count). The number of nitrogens with zero attached hydrogens (tertiary/aromatic N) is 4. The van der Waals surface area contributed by atoms with Crippen LogP contribution in [0.3, 0.4) is 0 Å². The number of anilines is 6. The Balaban J connectivity index is 0.000000224. The van der Waals surface area contributed by atoms with Crippen LogP contribution in [0.15, 0.2) is 192 Å². The SMILES string of the molecule is O=C([O-])c1ccc(CCc2ccc(NC(=O)c3cc(N4CCCCC4)ccc3NC(=O)c3cccc(S(=O)(=O)N(C4CCC(C(=O)O)CC4)C4CC4)c3)cc2)cc1.O=C([O-])c1ccc(CCc2ccc(NC(=O)c3cc(N4CCCCC4)ccc3NC(=O)c3cccc(S(=O)(=O)N(C4CCC(C(=O)O)CC4)C4CC4)c3)cc2)cc1.[Na+].[Na+]. The molecule has 24 nitrogen and oxygen atoms in total. The zero-order valence-electron chi connectivity index (χ0n) is 65.4. The molecule has 116 heavy (non-hydrogen) atoms. The van der Waals surface area contributed by atoms with Gasteiger partial charge in [-0.25, -0.2) is 16.8 Å². The first-order chi connectivity index (χ1) is 54.9. The van der Waals surface area contributed by atoms with E-state index in [9.17, 15) is 75.6 Å². The predicted molar refractivity (Wildman–Crippen MR) is 430 cm³/mol. The van der Waals surface area contributed by atoms with Gasteiger partial charge in [0.1, 0.15) is 0 Å². The molecule has 2 heterocycles. The van der Waals surface area contributed by atoms with Crippen LogP contribution in [0.4, 0.5) is 34.1 Å². The number of sulfonamides is 2. The monoisotopic (exact) mass is 1630 g/mol. The molecule has 4 saturated carbocycles. The largest absolute Gasteiger partial charge is 1.00 e. The van der Waals surface area contributed by atoms with Crippen molar-refractivity contribution in [3.8, 4) is 0 Å². The van der Waals surface area contributed by atoms with Crippen LogP contribution in [0, 0.1) is 11.8 Å². The van der Waals surface area contributed by atoms with Crippen LogP contribution >= 0.6 is 0 Å². The maximum Gasteiger partial charge on any atom is 1.00 e. The number of amides is 4. The van der Waals surface area contributed by atoms with Gasteiger partial charge in [-0.15, -0.1) is 0 Å². The summed E-state index contributed by atoms with van der Waals surface area (Å²) >= 11 is 0. The van der Waals surface area contributed by atoms with E-state index in [0.29, 0.717) is 88.4 Å². The Kier molecular flexibility index (Phi) is 30.2. The standard InChI is InChI=1S/2C44H48N4O8S.2Na/c2*49-41(33-5-4-6-38(27-33)57(55,56)48(36-21-22-36)35-19-15-32(16-20-35)44(53)54)46-40-24-23-37(47-25-2-1-3-26-47)28-39(40)42(50)45-34-17-11-30(12-18-34)8-7-29-9-13-31(14-10-29)43(51)52;;/h2*4-6,9-14,17-18,23-24,27-28,32,35-36H,1-3,7-8,15-16,19-22,25-26H2,(H,45,50)(H,46,49)(H,51,52)(H,53,54);;/q;;2*+1/p-2. The molecule has 4 amide bonds. The van der Waals surface area contributed by atoms with E-state index in [1.165, 1.54) is 60.7 Å². The van der Waals surface area contributed by atoms with Gasteiger partial charge >= 0.3 is 71.1 Å². The number of aliphatic carboxylic acids is 2.